The van der Waals surface area contributed by atoms with Crippen LogP contribution in [0.4, 0.5) is 0 Å². The van der Waals surface area contributed by atoms with Crippen LogP contribution in [-0.4, -0.2) is 3.69 Å². The number of hydrogen-bond donors (Lipinski definition) is 1. The summed E-state index contributed by atoms with van der Waals surface area (Å²) >= 11 is -4.35. The van der Waals surface area contributed by atoms with Crippen molar-refractivity contribution in [3.8, 4) is 0 Å². The Morgan fingerprint density at radius 1 is 1.83 bits per heavy atom. The Morgan fingerprint density at radius 3 is 2.33 bits per heavy atom. The molecule has 6 heteroatoms. The first-order valence-corrected chi connectivity index (χ1v) is 3.80. The van der Waals surface area contributed by atoms with E-state index in [9.17, 15) is 7.16 Å². The van der Waals surface area contributed by atoms with E-state index in [1.165, 1.54) is 0 Å². The summed E-state index contributed by atoms with van der Waals surface area (Å²) in [5.74, 6) is 0. The van der Waals surface area contributed by atoms with Crippen LogP contribution in [0.5, 0.6) is 0 Å². The standard InChI is InChI=1S/Fe.H2O.3O.Ti/h;1H2;;;;/q;;;;;+1/p-1. The maximum absolute atomic E-state index is 9.43. The van der Waals surface area contributed by atoms with Gasteiger partial charge in [-0.15, -0.1) is 0 Å². The fourth-order valence-corrected chi connectivity index (χ4v) is 0.428. The van der Waals surface area contributed by atoms with Crippen LogP contribution in [0.2, 0.25) is 0 Å². The van der Waals surface area contributed by atoms with Crippen LogP contribution < -0.4 is 0 Å². The first-order valence-electron chi connectivity index (χ1n) is 0.921. The van der Waals surface area contributed by atoms with E-state index in [1.807, 2.05) is 0 Å². The molecule has 0 saturated heterocycles. The third kappa shape index (κ3) is 4.75. The SMILES string of the molecule is [O]=[Fe][O][Ti](=[O])[OH]. The Bertz CT molecular complexity index is 67.9. The van der Waals surface area contributed by atoms with Gasteiger partial charge in [-0.1, -0.05) is 0 Å². The van der Waals surface area contributed by atoms with E-state index in [2.05, 4.69) is 2.40 Å². The zero-order valence-corrected chi connectivity index (χ0v) is 5.19. The van der Waals surface area contributed by atoms with Gasteiger partial charge in [-0.05, 0) is 0 Å². The van der Waals surface area contributed by atoms with Crippen LogP contribution in [-0.2, 0) is 43.4 Å². The van der Waals surface area contributed by atoms with Crippen molar-refractivity contribution in [2.45, 2.75) is 0 Å². The van der Waals surface area contributed by atoms with E-state index in [1.54, 1.807) is 0 Å². The van der Waals surface area contributed by atoms with Crippen LogP contribution in [0, 0.1) is 0 Å². The second-order valence-electron chi connectivity index (χ2n) is 0.397. The van der Waals surface area contributed by atoms with E-state index in [0.717, 1.165) is 0 Å². The summed E-state index contributed by atoms with van der Waals surface area (Å²) in [5.41, 5.74) is 0. The fourth-order valence-electron chi connectivity index (χ4n) is 0.0252. The van der Waals surface area contributed by atoms with Gasteiger partial charge in [0.15, 0.2) is 0 Å². The van der Waals surface area contributed by atoms with E-state index < -0.39 is 33.8 Å². The first-order chi connectivity index (χ1) is 2.77. The molecule has 0 fully saturated rings. The molecule has 0 rings (SSSR count). The predicted molar refractivity (Wildman–Crippen MR) is 4.68 cm³/mol. The Labute approximate surface area is 47.3 Å². The van der Waals surface area contributed by atoms with E-state index in [-0.39, 0.29) is 0 Å². The zero-order valence-electron chi connectivity index (χ0n) is 2.53. The predicted octanol–water partition coefficient (Wildman–Crippen LogP) is -0.868. The molecule has 1 N–H and O–H groups in total. The summed E-state index contributed by atoms with van der Waals surface area (Å²) in [7, 11) is 0. The molecule has 0 atom stereocenters. The molecule has 0 aliphatic carbocycles. The molecule has 0 aromatic heterocycles. The third-order valence-electron chi connectivity index (χ3n) is 0.0912. The minimum absolute atomic E-state index is 0.907. The summed E-state index contributed by atoms with van der Waals surface area (Å²) in [6.45, 7) is 0. The molecule has 0 spiro atoms. The van der Waals surface area contributed by atoms with Gasteiger partial charge in [-0.3, -0.25) is 0 Å². The molecule has 0 heterocycles. The van der Waals surface area contributed by atoms with E-state index >= 15 is 0 Å². The van der Waals surface area contributed by atoms with Crippen LogP contribution in [0.15, 0.2) is 0 Å². The van der Waals surface area contributed by atoms with Crippen molar-refractivity contribution >= 4 is 0 Å². The molecule has 0 amide bonds. The van der Waals surface area contributed by atoms with Crippen molar-refractivity contribution in [3.63, 3.8) is 0 Å². The number of rotatable bonds is 2. The molecule has 0 aromatic rings. The van der Waals surface area contributed by atoms with Gasteiger partial charge in [0.25, 0.3) is 0 Å². The van der Waals surface area contributed by atoms with Crippen molar-refractivity contribution in [3.05, 3.63) is 0 Å². The molecule has 6 heavy (non-hydrogen) atoms. The van der Waals surface area contributed by atoms with Crippen molar-refractivity contribution in [1.82, 2.24) is 0 Å². The van der Waals surface area contributed by atoms with E-state index in [4.69, 9.17) is 3.69 Å². The van der Waals surface area contributed by atoms with Gasteiger partial charge < -0.3 is 0 Å². The van der Waals surface area contributed by atoms with Gasteiger partial charge in [-0.2, -0.15) is 0 Å². The van der Waals surface area contributed by atoms with Crippen LogP contribution in [0.3, 0.4) is 0 Å². The van der Waals surface area contributed by atoms with Crippen molar-refractivity contribution in [2.75, 3.05) is 0 Å². The summed E-state index contributed by atoms with van der Waals surface area (Å²) < 4.78 is 30.0. The average Bonchev–Trinajstić information content (AvgIpc) is 1.35. The summed E-state index contributed by atoms with van der Waals surface area (Å²) in [6.07, 6.45) is 0. The van der Waals surface area contributed by atoms with Crippen molar-refractivity contribution in [1.29, 1.82) is 0 Å². The summed E-state index contributed by atoms with van der Waals surface area (Å²) in [5, 5.41) is 0. The normalized spacial score (nSPS) is 8.17. The third-order valence-corrected chi connectivity index (χ3v) is 1.55. The monoisotopic (exact) mass is 169 g/mol. The Balaban J connectivity index is 3.05. The van der Waals surface area contributed by atoms with Crippen LogP contribution in [0.25, 0.3) is 0 Å². The molecule has 37 valence electrons. The first kappa shape index (κ1) is 6.75. The zero-order chi connectivity index (χ0) is 4.99. The Kier molecular flexibility index (Phi) is 4.42. The van der Waals surface area contributed by atoms with E-state index in [0.29, 0.717) is 0 Å². The maximum atomic E-state index is 9.43. The quantitative estimate of drug-likeness (QED) is 0.545. The van der Waals surface area contributed by atoms with Gasteiger partial charge in [0.05, 0.1) is 0 Å². The molecule has 0 radical (unpaired) electrons. The molecule has 0 saturated carbocycles. The summed E-state index contributed by atoms with van der Waals surface area (Å²) in [6, 6.07) is 0. The fraction of sp³-hybridized carbons (Fsp3) is 0. The molecule has 4 nitrogen and oxygen atoms in total. The Morgan fingerprint density at radius 2 is 2.33 bits per heavy atom. The van der Waals surface area contributed by atoms with Crippen LogP contribution in [0.1, 0.15) is 0 Å². The molecule has 0 aromatic carbocycles. The molecular formula is HFeO4Ti. The second-order valence-corrected chi connectivity index (χ2v) is 2.57. The average molecular weight is 169 g/mol. The van der Waals surface area contributed by atoms with Crippen LogP contribution >= 0.6 is 0 Å². The molecule has 0 bridgehead atoms. The van der Waals surface area contributed by atoms with Gasteiger partial charge in [-0.25, -0.2) is 0 Å². The van der Waals surface area contributed by atoms with Gasteiger partial charge in [0.1, 0.15) is 0 Å². The van der Waals surface area contributed by atoms with Crippen molar-refractivity contribution < 1.29 is 47.1 Å². The van der Waals surface area contributed by atoms with Gasteiger partial charge in [0.2, 0.25) is 0 Å². The van der Waals surface area contributed by atoms with Gasteiger partial charge >= 0.3 is 47.1 Å². The van der Waals surface area contributed by atoms with Crippen molar-refractivity contribution in [2.24, 2.45) is 0 Å². The molecule has 0 aliphatic rings. The summed E-state index contributed by atoms with van der Waals surface area (Å²) in [4.78, 5) is 0. The topological polar surface area (TPSA) is 63.6 Å². The molecule has 0 unspecified atom stereocenters. The Hall–Kier alpha value is 0.754. The van der Waals surface area contributed by atoms with Gasteiger partial charge in [0, 0.05) is 0 Å². The second kappa shape index (κ2) is 3.93. The number of hydrogen-bond acceptors (Lipinski definition) is 3. The minimum atomic E-state index is -3.45. The molecular weight excluding hydrogens is 168 g/mol. The molecule has 0 aliphatic heterocycles.